The van der Waals surface area contributed by atoms with Crippen molar-refractivity contribution in [3.05, 3.63) is 23.5 Å². The van der Waals surface area contributed by atoms with Crippen LogP contribution in [0.2, 0.25) is 0 Å². The molecular weight excluding hydrogens is 197 g/mol. The van der Waals surface area contributed by atoms with Gasteiger partial charge in [-0.05, 0) is 26.0 Å². The normalized spacial score (nSPS) is 10.9. The van der Waals surface area contributed by atoms with Gasteiger partial charge in [-0.15, -0.1) is 0 Å². The van der Waals surface area contributed by atoms with Crippen LogP contribution in [0.1, 0.15) is 19.4 Å². The molecule has 0 fully saturated rings. The van der Waals surface area contributed by atoms with Gasteiger partial charge in [0.2, 0.25) is 5.82 Å². The molecule has 1 rings (SSSR count). The van der Waals surface area contributed by atoms with Crippen molar-refractivity contribution >= 4 is 0 Å². The second kappa shape index (κ2) is 3.77. The fraction of sp³-hybridized carbons (Fsp3) is 0.364. The van der Waals surface area contributed by atoms with Gasteiger partial charge in [-0.3, -0.25) is 0 Å². The van der Waals surface area contributed by atoms with Crippen molar-refractivity contribution in [3.63, 3.8) is 0 Å². The Morgan fingerprint density at radius 1 is 1.47 bits per heavy atom. The van der Waals surface area contributed by atoms with E-state index < -0.39 is 17.0 Å². The van der Waals surface area contributed by atoms with E-state index in [-0.39, 0.29) is 5.75 Å². The van der Waals surface area contributed by atoms with Gasteiger partial charge in [-0.2, -0.15) is 9.65 Å². The Kier molecular flexibility index (Phi) is 2.85. The molecule has 1 N–H and O–H groups in total. The lowest BCUT2D eigenvalue weighted by Crippen LogP contribution is -2.16. The number of benzene rings is 1. The van der Waals surface area contributed by atoms with E-state index in [2.05, 4.69) is 6.07 Å². The molecule has 1 aromatic carbocycles. The van der Waals surface area contributed by atoms with Crippen molar-refractivity contribution in [1.29, 1.82) is 5.26 Å². The Labute approximate surface area is 87.7 Å². The molecule has 15 heavy (non-hydrogen) atoms. The van der Waals surface area contributed by atoms with Gasteiger partial charge in [0.1, 0.15) is 0 Å². The summed E-state index contributed by atoms with van der Waals surface area (Å²) in [5, 5.41) is 18.1. The molecule has 3 nitrogen and oxygen atoms in total. The molecule has 0 saturated heterocycles. The molecule has 0 unspecified atom stereocenters. The lowest BCUT2D eigenvalue weighted by Gasteiger charge is -2.19. The lowest BCUT2D eigenvalue weighted by molar-refractivity contribution is 0.355. The largest absolute Gasteiger partial charge is 0.505 e. The number of nitriles is 1. The number of nitrogens with zero attached hydrogens (tertiary/aromatic N) is 1. The summed E-state index contributed by atoms with van der Waals surface area (Å²) in [5.74, 6) is -1.40. The SMILES string of the molecule is COc1c(C(C)(C)C#N)ccc(O)c1F. The van der Waals surface area contributed by atoms with Crippen molar-refractivity contribution in [1.82, 2.24) is 0 Å². The average Bonchev–Trinajstić information content (AvgIpc) is 2.21. The topological polar surface area (TPSA) is 53.2 Å². The standard InChI is InChI=1S/C11H12FNO2/c1-11(2,6-13)7-4-5-8(14)9(12)10(7)15-3/h4-5,14H,1-3H3. The molecule has 0 atom stereocenters. The second-order valence-electron chi connectivity index (χ2n) is 3.72. The zero-order valence-corrected chi connectivity index (χ0v) is 8.84. The quantitative estimate of drug-likeness (QED) is 0.813. The maximum absolute atomic E-state index is 13.4. The number of hydrogen-bond acceptors (Lipinski definition) is 3. The number of phenols is 1. The van der Waals surface area contributed by atoms with E-state index >= 15 is 0 Å². The molecular formula is C11H12FNO2. The van der Waals surface area contributed by atoms with Crippen LogP contribution in [0.15, 0.2) is 12.1 Å². The number of phenolic OH excluding ortho intramolecular Hbond substituents is 1. The second-order valence-corrected chi connectivity index (χ2v) is 3.72. The molecule has 0 aliphatic carbocycles. The highest BCUT2D eigenvalue weighted by molar-refractivity contribution is 5.47. The number of rotatable bonds is 2. The van der Waals surface area contributed by atoms with Gasteiger partial charge >= 0.3 is 0 Å². The summed E-state index contributed by atoms with van der Waals surface area (Å²) in [6.45, 7) is 3.31. The molecule has 0 radical (unpaired) electrons. The van der Waals surface area contributed by atoms with Crippen LogP contribution in [0.25, 0.3) is 0 Å². The number of aromatic hydroxyl groups is 1. The molecule has 0 aliphatic heterocycles. The Morgan fingerprint density at radius 2 is 2.07 bits per heavy atom. The molecule has 80 valence electrons. The first-order chi connectivity index (χ1) is 6.94. The smallest absolute Gasteiger partial charge is 0.206 e. The average molecular weight is 209 g/mol. The van der Waals surface area contributed by atoms with Crippen LogP contribution in [0, 0.1) is 17.1 Å². The minimum atomic E-state index is -0.861. The summed E-state index contributed by atoms with van der Waals surface area (Å²) >= 11 is 0. The van der Waals surface area contributed by atoms with Crippen LogP contribution in [0.3, 0.4) is 0 Å². The summed E-state index contributed by atoms with van der Waals surface area (Å²) in [5.41, 5.74) is -0.442. The first kappa shape index (κ1) is 11.3. The Morgan fingerprint density at radius 3 is 2.53 bits per heavy atom. The molecule has 0 spiro atoms. The molecule has 0 saturated carbocycles. The highest BCUT2D eigenvalue weighted by Gasteiger charge is 2.27. The minimum Gasteiger partial charge on any atom is -0.505 e. The monoisotopic (exact) mass is 209 g/mol. The van der Waals surface area contributed by atoms with Crippen molar-refractivity contribution in [2.45, 2.75) is 19.3 Å². The van der Waals surface area contributed by atoms with Crippen molar-refractivity contribution in [2.75, 3.05) is 7.11 Å². The molecule has 0 bridgehead atoms. The Bertz CT molecular complexity index is 421. The van der Waals surface area contributed by atoms with Crippen molar-refractivity contribution in [2.24, 2.45) is 0 Å². The van der Waals surface area contributed by atoms with Crippen LogP contribution in [-0.2, 0) is 5.41 Å². The summed E-state index contributed by atoms with van der Waals surface area (Å²) in [4.78, 5) is 0. The zero-order valence-electron chi connectivity index (χ0n) is 8.84. The summed E-state index contributed by atoms with van der Waals surface area (Å²) in [7, 11) is 1.30. The summed E-state index contributed by atoms with van der Waals surface area (Å²) in [6.07, 6.45) is 0. The van der Waals surface area contributed by atoms with Crippen LogP contribution in [-0.4, -0.2) is 12.2 Å². The molecule has 0 amide bonds. The van der Waals surface area contributed by atoms with Gasteiger partial charge in [0.15, 0.2) is 11.5 Å². The van der Waals surface area contributed by atoms with E-state index in [1.807, 2.05) is 0 Å². The molecule has 0 aromatic heterocycles. The van der Waals surface area contributed by atoms with E-state index in [0.717, 1.165) is 0 Å². The van der Waals surface area contributed by atoms with E-state index in [9.17, 15) is 4.39 Å². The van der Waals surface area contributed by atoms with E-state index in [0.29, 0.717) is 5.56 Å². The summed E-state index contributed by atoms with van der Waals surface area (Å²) in [6, 6.07) is 4.75. The number of hydrogen-bond donors (Lipinski definition) is 1. The fourth-order valence-corrected chi connectivity index (χ4v) is 1.30. The van der Waals surface area contributed by atoms with E-state index in [1.54, 1.807) is 13.8 Å². The van der Waals surface area contributed by atoms with Crippen LogP contribution < -0.4 is 4.74 Å². The predicted octanol–water partition coefficient (Wildman–Crippen LogP) is 2.34. The fourth-order valence-electron chi connectivity index (χ4n) is 1.30. The first-order valence-corrected chi connectivity index (χ1v) is 4.41. The van der Waals surface area contributed by atoms with E-state index in [4.69, 9.17) is 15.1 Å². The zero-order chi connectivity index (χ0) is 11.6. The molecule has 1 aromatic rings. The third-order valence-electron chi connectivity index (χ3n) is 2.23. The number of ether oxygens (including phenoxy) is 1. The number of halogens is 1. The minimum absolute atomic E-state index is 0.0819. The van der Waals surface area contributed by atoms with Gasteiger partial charge < -0.3 is 9.84 Å². The highest BCUT2D eigenvalue weighted by Crippen LogP contribution is 2.36. The van der Waals surface area contributed by atoms with Gasteiger partial charge in [0, 0.05) is 5.56 Å². The predicted molar refractivity (Wildman–Crippen MR) is 53.3 cm³/mol. The lowest BCUT2D eigenvalue weighted by atomic mass is 9.85. The first-order valence-electron chi connectivity index (χ1n) is 4.41. The van der Waals surface area contributed by atoms with Crippen molar-refractivity contribution in [3.8, 4) is 17.6 Å². The van der Waals surface area contributed by atoms with Crippen LogP contribution in [0.4, 0.5) is 4.39 Å². The number of methoxy groups -OCH3 is 1. The maximum Gasteiger partial charge on any atom is 0.206 e. The van der Waals surface area contributed by atoms with Crippen molar-refractivity contribution < 1.29 is 14.2 Å². The molecule has 0 aliphatic rings. The van der Waals surface area contributed by atoms with Gasteiger partial charge in [0.05, 0.1) is 18.6 Å². The Balaban J connectivity index is 3.45. The van der Waals surface area contributed by atoms with Gasteiger partial charge in [0.25, 0.3) is 0 Å². The third-order valence-corrected chi connectivity index (χ3v) is 2.23. The Hall–Kier alpha value is -1.76. The van der Waals surface area contributed by atoms with Crippen LogP contribution >= 0.6 is 0 Å². The van der Waals surface area contributed by atoms with Gasteiger partial charge in [-0.1, -0.05) is 0 Å². The summed E-state index contributed by atoms with van der Waals surface area (Å²) < 4.78 is 18.3. The highest BCUT2D eigenvalue weighted by atomic mass is 19.1. The van der Waals surface area contributed by atoms with Gasteiger partial charge in [-0.25, -0.2) is 0 Å². The maximum atomic E-state index is 13.4. The molecule has 4 heteroatoms. The third kappa shape index (κ3) is 1.86. The van der Waals surface area contributed by atoms with E-state index in [1.165, 1.54) is 19.2 Å². The van der Waals surface area contributed by atoms with Crippen LogP contribution in [0.5, 0.6) is 11.5 Å². The molecule has 0 heterocycles.